The number of aromatic nitrogens is 4. The number of hydrogen-bond donors (Lipinski definition) is 2. The molecule has 2 aliphatic heterocycles. The Hall–Kier alpha value is -3.01. The summed E-state index contributed by atoms with van der Waals surface area (Å²) in [5.41, 5.74) is 2.66. The van der Waals surface area contributed by atoms with Gasteiger partial charge in [-0.05, 0) is 31.4 Å². The summed E-state index contributed by atoms with van der Waals surface area (Å²) >= 11 is 0. The van der Waals surface area contributed by atoms with E-state index in [1.165, 1.54) is 0 Å². The van der Waals surface area contributed by atoms with Crippen LogP contribution in [0.4, 0.5) is 4.79 Å². The molecule has 30 heavy (non-hydrogen) atoms. The maximum absolute atomic E-state index is 12.8. The summed E-state index contributed by atoms with van der Waals surface area (Å²) < 4.78 is 8.06. The van der Waals surface area contributed by atoms with E-state index in [1.54, 1.807) is 12.4 Å². The van der Waals surface area contributed by atoms with Crippen LogP contribution < -0.4 is 10.6 Å². The van der Waals surface area contributed by atoms with Crippen molar-refractivity contribution >= 4 is 11.9 Å². The molecule has 1 atom stereocenters. The number of aryl methyl sites for hydroxylation is 1. The molecule has 1 saturated heterocycles. The second kappa shape index (κ2) is 8.39. The van der Waals surface area contributed by atoms with E-state index in [-0.39, 0.29) is 11.9 Å². The van der Waals surface area contributed by atoms with E-state index < -0.39 is 5.60 Å². The van der Waals surface area contributed by atoms with Crippen LogP contribution in [-0.4, -0.2) is 62.1 Å². The van der Waals surface area contributed by atoms with Crippen molar-refractivity contribution < 1.29 is 14.3 Å². The molecule has 1 fully saturated rings. The first-order chi connectivity index (χ1) is 14.5. The molecule has 0 radical (unpaired) electrons. The first-order valence-electron chi connectivity index (χ1n) is 10.3. The Labute approximate surface area is 175 Å². The van der Waals surface area contributed by atoms with Gasteiger partial charge in [-0.3, -0.25) is 9.78 Å². The fourth-order valence-electron chi connectivity index (χ4n) is 3.92. The number of ether oxygens (including phenoxy) is 1. The van der Waals surface area contributed by atoms with Gasteiger partial charge in [-0.2, -0.15) is 0 Å². The average Bonchev–Trinajstić information content (AvgIpc) is 3.34. The molecule has 0 saturated carbocycles. The molecule has 4 heterocycles. The van der Waals surface area contributed by atoms with Crippen LogP contribution in [0.25, 0.3) is 0 Å². The van der Waals surface area contributed by atoms with Gasteiger partial charge in [-0.1, -0.05) is 12.1 Å². The zero-order chi connectivity index (χ0) is 21.1. The van der Waals surface area contributed by atoms with E-state index in [0.29, 0.717) is 50.6 Å². The molecule has 160 valence electrons. The molecule has 10 nitrogen and oxygen atoms in total. The van der Waals surface area contributed by atoms with Gasteiger partial charge in [0.15, 0.2) is 0 Å². The molecule has 0 aliphatic carbocycles. The Kier molecular flexibility index (Phi) is 5.67. The number of rotatable bonds is 5. The Bertz CT molecular complexity index is 944. The fourth-order valence-corrected chi connectivity index (χ4v) is 3.92. The van der Waals surface area contributed by atoms with E-state index >= 15 is 0 Å². The van der Waals surface area contributed by atoms with Gasteiger partial charge in [0.1, 0.15) is 11.3 Å². The number of fused-ring (bicyclic) bond motifs is 1. The quantitative estimate of drug-likeness (QED) is 0.756. The van der Waals surface area contributed by atoms with Crippen molar-refractivity contribution in [2.75, 3.05) is 19.6 Å². The topological polar surface area (TPSA) is 114 Å². The molecule has 2 aromatic rings. The van der Waals surface area contributed by atoms with Gasteiger partial charge >= 0.3 is 6.03 Å². The van der Waals surface area contributed by atoms with Crippen LogP contribution in [-0.2, 0) is 24.4 Å². The highest BCUT2D eigenvalue weighted by Gasteiger charge is 2.45. The number of hydrogen-bond acceptors (Lipinski definition) is 6. The number of carbonyl (C=O) groups is 2. The van der Waals surface area contributed by atoms with Gasteiger partial charge in [0, 0.05) is 25.5 Å². The SMILES string of the molecule is CCCNC(=O)NCc1nnn2c1COC1(CCN(C(=O)c3cncc(C)c3)C1)C2. The zero-order valence-corrected chi connectivity index (χ0v) is 17.3. The summed E-state index contributed by atoms with van der Waals surface area (Å²) in [4.78, 5) is 30.5. The number of carbonyl (C=O) groups excluding carboxylic acids is 2. The van der Waals surface area contributed by atoms with Crippen LogP contribution in [0.1, 0.15) is 47.1 Å². The summed E-state index contributed by atoms with van der Waals surface area (Å²) in [5.74, 6) is -0.0287. The van der Waals surface area contributed by atoms with Gasteiger partial charge in [0.05, 0.1) is 37.5 Å². The van der Waals surface area contributed by atoms with Gasteiger partial charge in [0.2, 0.25) is 0 Å². The fraction of sp³-hybridized carbons (Fsp3) is 0.550. The lowest BCUT2D eigenvalue weighted by atomic mass is 10.0. The van der Waals surface area contributed by atoms with Crippen LogP contribution >= 0.6 is 0 Å². The minimum absolute atomic E-state index is 0.0287. The highest BCUT2D eigenvalue weighted by molar-refractivity contribution is 5.94. The Morgan fingerprint density at radius 3 is 2.93 bits per heavy atom. The summed E-state index contributed by atoms with van der Waals surface area (Å²) in [7, 11) is 0. The molecule has 2 N–H and O–H groups in total. The molecule has 2 aliphatic rings. The number of pyridine rings is 1. The molecular weight excluding hydrogens is 386 g/mol. The molecule has 0 aromatic carbocycles. The van der Waals surface area contributed by atoms with Crippen LogP contribution in [0.3, 0.4) is 0 Å². The first-order valence-corrected chi connectivity index (χ1v) is 10.3. The third-order valence-corrected chi connectivity index (χ3v) is 5.55. The van der Waals surface area contributed by atoms with Gasteiger partial charge in [-0.15, -0.1) is 5.10 Å². The molecule has 3 amide bonds. The largest absolute Gasteiger partial charge is 0.365 e. The first kappa shape index (κ1) is 20.3. The molecule has 1 unspecified atom stereocenters. The lowest BCUT2D eigenvalue weighted by Crippen LogP contribution is -2.45. The number of likely N-dealkylation sites (tertiary alicyclic amines) is 1. The van der Waals surface area contributed by atoms with Gasteiger partial charge in [0.25, 0.3) is 5.91 Å². The Balaban J connectivity index is 1.38. The van der Waals surface area contributed by atoms with Crippen LogP contribution in [0.15, 0.2) is 18.5 Å². The van der Waals surface area contributed by atoms with Crippen molar-refractivity contribution in [1.82, 2.24) is 35.5 Å². The van der Waals surface area contributed by atoms with Gasteiger partial charge in [-0.25, -0.2) is 9.48 Å². The van der Waals surface area contributed by atoms with E-state index in [2.05, 4.69) is 25.9 Å². The standard InChI is InChI=1S/C20H27N7O3/c1-3-5-22-19(29)23-10-16-17-11-30-20(13-27(17)25-24-16)4-6-26(12-20)18(28)15-7-14(2)8-21-9-15/h7-9H,3-6,10-13H2,1-2H3,(H2,22,23,29). The summed E-state index contributed by atoms with van der Waals surface area (Å²) in [6.45, 7) is 6.87. The van der Waals surface area contributed by atoms with E-state index in [0.717, 1.165) is 24.1 Å². The lowest BCUT2D eigenvalue weighted by Gasteiger charge is -2.34. The number of nitrogens with one attached hydrogen (secondary N) is 2. The number of amides is 3. The van der Waals surface area contributed by atoms with Crippen LogP contribution in [0.5, 0.6) is 0 Å². The Morgan fingerprint density at radius 2 is 2.13 bits per heavy atom. The normalized spacial score (nSPS) is 20.3. The van der Waals surface area contributed by atoms with E-state index in [9.17, 15) is 9.59 Å². The molecular formula is C20H27N7O3. The number of urea groups is 1. The maximum Gasteiger partial charge on any atom is 0.315 e. The second-order valence-electron chi connectivity index (χ2n) is 7.95. The lowest BCUT2D eigenvalue weighted by molar-refractivity contribution is -0.0828. The highest BCUT2D eigenvalue weighted by Crippen LogP contribution is 2.33. The predicted molar refractivity (Wildman–Crippen MR) is 108 cm³/mol. The molecule has 4 rings (SSSR count). The molecule has 1 spiro atoms. The third kappa shape index (κ3) is 4.13. The number of nitrogens with zero attached hydrogens (tertiary/aromatic N) is 5. The summed E-state index contributed by atoms with van der Waals surface area (Å²) in [5, 5.41) is 14.0. The minimum Gasteiger partial charge on any atom is -0.365 e. The van der Waals surface area contributed by atoms with Crippen molar-refractivity contribution in [2.24, 2.45) is 0 Å². The molecule has 10 heteroatoms. The summed E-state index contributed by atoms with van der Waals surface area (Å²) in [6, 6.07) is 1.63. The zero-order valence-electron chi connectivity index (χ0n) is 17.3. The smallest absolute Gasteiger partial charge is 0.315 e. The van der Waals surface area contributed by atoms with Crippen LogP contribution in [0, 0.1) is 6.92 Å². The van der Waals surface area contributed by atoms with Crippen molar-refractivity contribution in [1.29, 1.82) is 0 Å². The Morgan fingerprint density at radius 1 is 1.27 bits per heavy atom. The van der Waals surface area contributed by atoms with Crippen molar-refractivity contribution in [3.05, 3.63) is 41.0 Å². The predicted octanol–water partition coefficient (Wildman–Crippen LogP) is 1.01. The van der Waals surface area contributed by atoms with Crippen molar-refractivity contribution in [2.45, 2.75) is 52.0 Å². The minimum atomic E-state index is -0.461. The van der Waals surface area contributed by atoms with Crippen molar-refractivity contribution in [3.63, 3.8) is 0 Å². The average molecular weight is 413 g/mol. The third-order valence-electron chi connectivity index (χ3n) is 5.55. The molecule has 0 bridgehead atoms. The highest BCUT2D eigenvalue weighted by atomic mass is 16.5. The monoisotopic (exact) mass is 413 g/mol. The van der Waals surface area contributed by atoms with Crippen LogP contribution in [0.2, 0.25) is 0 Å². The van der Waals surface area contributed by atoms with Crippen molar-refractivity contribution in [3.8, 4) is 0 Å². The van der Waals surface area contributed by atoms with E-state index in [1.807, 2.05) is 29.5 Å². The van der Waals surface area contributed by atoms with Gasteiger partial charge < -0.3 is 20.3 Å². The second-order valence-corrected chi connectivity index (χ2v) is 7.95. The summed E-state index contributed by atoms with van der Waals surface area (Å²) in [6.07, 6.45) is 4.96. The molecule has 2 aromatic heterocycles. The maximum atomic E-state index is 12.8. The van der Waals surface area contributed by atoms with E-state index in [4.69, 9.17) is 4.74 Å².